The quantitative estimate of drug-likeness (QED) is 0.261. The van der Waals surface area contributed by atoms with Gasteiger partial charge in [0.15, 0.2) is 0 Å². The van der Waals surface area contributed by atoms with Crippen LogP contribution in [-0.2, 0) is 34.0 Å². The summed E-state index contributed by atoms with van der Waals surface area (Å²) in [7, 11) is -4.72. The topological polar surface area (TPSA) is 136 Å². The van der Waals surface area contributed by atoms with Crippen molar-refractivity contribution in [2.75, 3.05) is 0 Å². The van der Waals surface area contributed by atoms with E-state index in [4.69, 9.17) is 14.2 Å². The Balaban J connectivity index is 1.64. The highest BCUT2D eigenvalue weighted by molar-refractivity contribution is 7.85. The van der Waals surface area contributed by atoms with E-state index in [9.17, 15) is 27.4 Å². The molecule has 6 atom stereocenters. The van der Waals surface area contributed by atoms with Gasteiger partial charge in [-0.25, -0.2) is 13.2 Å². The van der Waals surface area contributed by atoms with Gasteiger partial charge in [-0.3, -0.25) is 9.59 Å². The molecule has 6 unspecified atom stereocenters. The first kappa shape index (κ1) is 23.4. The molecule has 1 saturated heterocycles. The van der Waals surface area contributed by atoms with Gasteiger partial charge >= 0.3 is 17.9 Å². The largest absolute Gasteiger partial charge is 0.744 e. The molecule has 9 nitrogen and oxygen atoms in total. The molecule has 1 aliphatic heterocycles. The number of carbonyl (C=O) groups is 3. The number of benzene rings is 1. The van der Waals surface area contributed by atoms with E-state index in [1.165, 1.54) is 26.0 Å². The van der Waals surface area contributed by atoms with Crippen molar-refractivity contribution in [3.05, 3.63) is 35.4 Å². The molecule has 0 radical (unpaired) electrons. The average Bonchev–Trinajstić information content (AvgIpc) is 3.31. The minimum Gasteiger partial charge on any atom is -0.744 e. The molecule has 2 bridgehead atoms. The lowest BCUT2D eigenvalue weighted by Gasteiger charge is -2.30. The predicted molar refractivity (Wildman–Crippen MR) is 112 cm³/mol. The Bertz CT molecular complexity index is 1170. The second-order valence-corrected chi connectivity index (χ2v) is 10.7. The van der Waals surface area contributed by atoms with Crippen LogP contribution in [0.5, 0.6) is 5.75 Å². The molecular weight excluding hydrogens is 452 g/mol. The van der Waals surface area contributed by atoms with Crippen molar-refractivity contribution < 1.29 is 41.6 Å². The molecule has 178 valence electrons. The summed E-state index contributed by atoms with van der Waals surface area (Å²) in [6, 6.07) is 2.57. The van der Waals surface area contributed by atoms with E-state index in [0.717, 1.165) is 0 Å². The Morgan fingerprint density at radius 2 is 1.91 bits per heavy atom. The molecule has 1 aromatic carbocycles. The maximum absolute atomic E-state index is 13.3. The molecule has 4 rings (SSSR count). The predicted octanol–water partition coefficient (Wildman–Crippen LogP) is 2.22. The van der Waals surface area contributed by atoms with E-state index in [0.29, 0.717) is 12.0 Å². The molecule has 0 N–H and O–H groups in total. The fourth-order valence-electron chi connectivity index (χ4n) is 5.32. The zero-order chi connectivity index (χ0) is 24.4. The van der Waals surface area contributed by atoms with E-state index in [2.05, 4.69) is 6.58 Å². The highest BCUT2D eigenvalue weighted by Gasteiger charge is 2.70. The molecule has 1 aromatic rings. The molecule has 0 aromatic heterocycles. The first-order valence-electron chi connectivity index (χ1n) is 10.7. The highest BCUT2D eigenvalue weighted by atomic mass is 32.2. The van der Waals surface area contributed by atoms with E-state index < -0.39 is 58.0 Å². The third kappa shape index (κ3) is 3.85. The van der Waals surface area contributed by atoms with Crippen molar-refractivity contribution in [2.24, 2.45) is 23.7 Å². The molecule has 3 fully saturated rings. The highest BCUT2D eigenvalue weighted by Crippen LogP contribution is 2.59. The fraction of sp³-hybridized carbons (Fsp3) is 0.522. The summed E-state index contributed by atoms with van der Waals surface area (Å²) in [5.74, 6) is -4.27. The number of aryl methyl sites for hydroxylation is 1. The van der Waals surface area contributed by atoms with Gasteiger partial charge in [0.2, 0.25) is 0 Å². The first-order valence-corrected chi connectivity index (χ1v) is 12.1. The van der Waals surface area contributed by atoms with Crippen LogP contribution in [0.1, 0.15) is 44.2 Å². The molecule has 3 aliphatic rings. The minimum atomic E-state index is -4.72. The smallest absolute Gasteiger partial charge is 0.333 e. The number of rotatable bonds is 6. The third-order valence-corrected chi connectivity index (χ3v) is 7.71. The second kappa shape index (κ2) is 7.95. The zero-order valence-electron chi connectivity index (χ0n) is 18.7. The normalized spacial score (nSPS) is 29.8. The Morgan fingerprint density at radius 3 is 2.48 bits per heavy atom. The summed E-state index contributed by atoms with van der Waals surface area (Å²) in [5, 5.41) is 0. The van der Waals surface area contributed by atoms with Crippen LogP contribution in [0.4, 0.5) is 0 Å². The van der Waals surface area contributed by atoms with Crippen LogP contribution < -0.4 is 4.74 Å². The molecule has 0 spiro atoms. The SMILES string of the molecule is C=C(C)C(=O)OC1C2CC3C1OC(=O)C3C2C(=O)Oc1cc(C(C)C)c(S(=O)(=O)[O-])cc1C. The number of fused-ring (bicyclic) bond motifs is 1. The van der Waals surface area contributed by atoms with Crippen molar-refractivity contribution in [3.8, 4) is 5.75 Å². The summed E-state index contributed by atoms with van der Waals surface area (Å²) < 4.78 is 51.6. The van der Waals surface area contributed by atoms with Gasteiger partial charge in [-0.1, -0.05) is 20.4 Å². The Morgan fingerprint density at radius 1 is 1.24 bits per heavy atom. The van der Waals surface area contributed by atoms with Gasteiger partial charge in [0.25, 0.3) is 0 Å². The van der Waals surface area contributed by atoms with Crippen LogP contribution >= 0.6 is 0 Å². The van der Waals surface area contributed by atoms with Crippen molar-refractivity contribution >= 4 is 28.0 Å². The maximum atomic E-state index is 13.3. The lowest BCUT2D eigenvalue weighted by Crippen LogP contribution is -2.44. The van der Waals surface area contributed by atoms with Gasteiger partial charge in [0, 0.05) is 17.4 Å². The van der Waals surface area contributed by atoms with Crippen LogP contribution in [0.3, 0.4) is 0 Å². The number of ether oxygens (including phenoxy) is 3. The molecule has 10 heteroatoms. The van der Waals surface area contributed by atoms with Gasteiger partial charge in [-0.05, 0) is 49.4 Å². The maximum Gasteiger partial charge on any atom is 0.333 e. The van der Waals surface area contributed by atoms with Crippen LogP contribution in [0.15, 0.2) is 29.2 Å². The van der Waals surface area contributed by atoms with Gasteiger partial charge < -0.3 is 18.8 Å². The van der Waals surface area contributed by atoms with Gasteiger partial charge in [-0.2, -0.15) is 0 Å². The van der Waals surface area contributed by atoms with Crippen molar-refractivity contribution in [3.63, 3.8) is 0 Å². The minimum absolute atomic E-state index is 0.109. The van der Waals surface area contributed by atoms with Crippen molar-refractivity contribution in [1.82, 2.24) is 0 Å². The second-order valence-electron chi connectivity index (χ2n) is 9.35. The summed E-state index contributed by atoms with van der Waals surface area (Å²) >= 11 is 0. The van der Waals surface area contributed by atoms with Crippen LogP contribution in [-0.4, -0.2) is 43.1 Å². The summed E-state index contributed by atoms with van der Waals surface area (Å²) in [4.78, 5) is 37.5. The summed E-state index contributed by atoms with van der Waals surface area (Å²) in [6.45, 7) is 10.0. The molecule has 1 heterocycles. The Hall–Kier alpha value is -2.72. The molecule has 2 saturated carbocycles. The third-order valence-electron chi connectivity index (χ3n) is 6.82. The van der Waals surface area contributed by atoms with Gasteiger partial charge in [0.1, 0.15) is 28.1 Å². The van der Waals surface area contributed by atoms with Crippen LogP contribution in [0.2, 0.25) is 0 Å². The van der Waals surface area contributed by atoms with Crippen molar-refractivity contribution in [2.45, 2.75) is 57.1 Å². The fourth-order valence-corrected chi connectivity index (χ4v) is 6.23. The van der Waals surface area contributed by atoms with E-state index in [1.807, 2.05) is 0 Å². The summed E-state index contributed by atoms with van der Waals surface area (Å²) in [6.07, 6.45) is -0.867. The number of esters is 3. The molecular formula is C23H25O9S-. The molecule has 0 amide bonds. The number of hydrogen-bond acceptors (Lipinski definition) is 9. The zero-order valence-corrected chi connectivity index (χ0v) is 19.5. The standard InChI is InChI=1S/C23H26O9S/c1-9(2)12-8-15(11(5)6-16(12)33(27,28)29)30-22(25)17-13-7-14-18(17)23(26)32-20(14)19(13)31-21(24)10(3)4/h6,8-9,13-14,17-20H,3,7H2,1-2,4-5H3,(H,27,28,29)/p-1. The number of carbonyl (C=O) groups excluding carboxylic acids is 3. The average molecular weight is 478 g/mol. The lowest BCUT2D eigenvalue weighted by molar-refractivity contribution is -0.160. The van der Waals surface area contributed by atoms with Gasteiger partial charge in [0.05, 0.1) is 16.7 Å². The monoisotopic (exact) mass is 477 g/mol. The van der Waals surface area contributed by atoms with E-state index in [-0.39, 0.29) is 33.6 Å². The molecule has 33 heavy (non-hydrogen) atoms. The first-order chi connectivity index (χ1) is 15.3. The number of hydrogen-bond donors (Lipinski definition) is 0. The summed E-state index contributed by atoms with van der Waals surface area (Å²) in [5.41, 5.74) is 0.727. The van der Waals surface area contributed by atoms with E-state index >= 15 is 0 Å². The van der Waals surface area contributed by atoms with Gasteiger partial charge in [-0.15, -0.1) is 0 Å². The molecule has 2 aliphatic carbocycles. The van der Waals surface area contributed by atoms with Crippen LogP contribution in [0, 0.1) is 30.6 Å². The Kier molecular flexibility index (Phi) is 5.65. The Labute approximate surface area is 191 Å². The lowest BCUT2D eigenvalue weighted by atomic mass is 9.78. The van der Waals surface area contributed by atoms with Crippen molar-refractivity contribution in [1.29, 1.82) is 0 Å². The van der Waals surface area contributed by atoms with E-state index in [1.54, 1.807) is 13.8 Å². The van der Waals surface area contributed by atoms with Crippen LogP contribution in [0.25, 0.3) is 0 Å².